The van der Waals surface area contributed by atoms with E-state index in [0.717, 1.165) is 49.0 Å². The van der Waals surface area contributed by atoms with Crippen molar-refractivity contribution in [1.82, 2.24) is 25.0 Å². The van der Waals surface area contributed by atoms with Crippen LogP contribution < -0.4 is 0 Å². The van der Waals surface area contributed by atoms with E-state index in [2.05, 4.69) is 44.4 Å². The van der Waals surface area contributed by atoms with Crippen molar-refractivity contribution in [3.63, 3.8) is 0 Å². The molecule has 0 atom stereocenters. The lowest BCUT2D eigenvalue weighted by atomic mass is 10.1. The number of nitrogens with one attached hydrogen (secondary N) is 1. The van der Waals surface area contributed by atoms with E-state index < -0.39 is 0 Å². The van der Waals surface area contributed by atoms with Gasteiger partial charge in [-0.25, -0.2) is 4.98 Å². The minimum atomic E-state index is 0.114. The molecular weight excluding hydrogens is 394 g/mol. The van der Waals surface area contributed by atoms with Gasteiger partial charge in [0.2, 0.25) is 0 Å². The van der Waals surface area contributed by atoms with Crippen molar-refractivity contribution in [2.24, 2.45) is 0 Å². The zero-order valence-electron chi connectivity index (χ0n) is 16.8. The van der Waals surface area contributed by atoms with E-state index in [-0.39, 0.29) is 5.91 Å². The zero-order valence-corrected chi connectivity index (χ0v) is 17.6. The number of H-pyrrole nitrogens is 1. The van der Waals surface area contributed by atoms with Crippen molar-refractivity contribution in [3.8, 4) is 0 Å². The Balaban J connectivity index is 1.30. The Morgan fingerprint density at radius 1 is 1.03 bits per heavy atom. The van der Waals surface area contributed by atoms with Crippen LogP contribution in [0.2, 0.25) is 0 Å². The van der Waals surface area contributed by atoms with Crippen LogP contribution in [-0.2, 0) is 5.75 Å². The lowest BCUT2D eigenvalue weighted by molar-refractivity contribution is 0.0649. The van der Waals surface area contributed by atoms with Gasteiger partial charge in [-0.1, -0.05) is 72.4 Å². The highest BCUT2D eigenvalue weighted by molar-refractivity contribution is 7.98. The number of nitrogens with zero attached hydrogens (tertiary/aromatic N) is 4. The first-order chi connectivity index (χ1) is 14.8. The molecule has 2 heterocycles. The lowest BCUT2D eigenvalue weighted by Crippen LogP contribution is -2.48. The molecule has 1 aliphatic rings. The van der Waals surface area contributed by atoms with Gasteiger partial charge in [0, 0.05) is 44.0 Å². The summed E-state index contributed by atoms with van der Waals surface area (Å²) in [6.45, 7) is 4.18. The lowest BCUT2D eigenvalue weighted by Gasteiger charge is -2.34. The molecule has 3 aromatic rings. The first-order valence-electron chi connectivity index (χ1n) is 10.1. The second kappa shape index (κ2) is 10.2. The van der Waals surface area contributed by atoms with Crippen LogP contribution in [0.15, 0.2) is 72.2 Å². The molecule has 1 saturated heterocycles. The molecule has 1 aliphatic heterocycles. The van der Waals surface area contributed by atoms with Gasteiger partial charge in [-0.3, -0.25) is 14.8 Å². The fourth-order valence-electron chi connectivity index (χ4n) is 3.47. The van der Waals surface area contributed by atoms with E-state index in [1.807, 2.05) is 47.4 Å². The summed E-state index contributed by atoms with van der Waals surface area (Å²) in [7, 11) is 0. The first-order valence-corrected chi connectivity index (χ1v) is 11.1. The summed E-state index contributed by atoms with van der Waals surface area (Å²) < 4.78 is 0. The molecule has 0 aliphatic carbocycles. The van der Waals surface area contributed by atoms with E-state index >= 15 is 0 Å². The fraction of sp³-hybridized carbons (Fsp3) is 0.261. The zero-order chi connectivity index (χ0) is 20.6. The number of carbonyl (C=O) groups is 1. The van der Waals surface area contributed by atoms with Crippen LogP contribution in [0.3, 0.4) is 0 Å². The number of amides is 1. The maximum Gasteiger partial charge on any atom is 0.254 e. The number of carbonyl (C=O) groups excluding carboxylic acids is 1. The topological polar surface area (TPSA) is 65.1 Å². The highest BCUT2D eigenvalue weighted by Crippen LogP contribution is 2.22. The summed E-state index contributed by atoms with van der Waals surface area (Å²) in [5.41, 5.74) is 3.02. The Morgan fingerprint density at radius 3 is 2.57 bits per heavy atom. The average Bonchev–Trinajstić information content (AvgIpc) is 3.32. The smallest absolute Gasteiger partial charge is 0.254 e. The van der Waals surface area contributed by atoms with Crippen LogP contribution >= 0.6 is 11.8 Å². The average molecular weight is 420 g/mol. The van der Waals surface area contributed by atoms with E-state index in [1.165, 1.54) is 11.9 Å². The largest absolute Gasteiger partial charge is 0.336 e. The highest BCUT2D eigenvalue weighted by Gasteiger charge is 2.23. The molecule has 0 radical (unpaired) electrons. The summed E-state index contributed by atoms with van der Waals surface area (Å²) in [6, 6.07) is 18.2. The van der Waals surface area contributed by atoms with E-state index in [0.29, 0.717) is 5.75 Å². The maximum absolute atomic E-state index is 13.1. The number of hydrogen-bond acceptors (Lipinski definition) is 5. The SMILES string of the molecule is O=C(c1ccccc1CSc1ncn[nH]1)N1CCN(C/C=C/c2ccccc2)CC1. The van der Waals surface area contributed by atoms with Gasteiger partial charge in [-0.2, -0.15) is 5.10 Å². The Labute approximate surface area is 181 Å². The van der Waals surface area contributed by atoms with Gasteiger partial charge in [0.15, 0.2) is 5.16 Å². The molecule has 30 heavy (non-hydrogen) atoms. The molecule has 0 unspecified atom stereocenters. The van der Waals surface area contributed by atoms with Crippen molar-refractivity contribution >= 4 is 23.7 Å². The van der Waals surface area contributed by atoms with Gasteiger partial charge in [0.1, 0.15) is 6.33 Å². The summed E-state index contributed by atoms with van der Waals surface area (Å²) in [5.74, 6) is 0.796. The molecule has 1 N–H and O–H groups in total. The second-order valence-electron chi connectivity index (χ2n) is 7.14. The minimum Gasteiger partial charge on any atom is -0.336 e. The third-order valence-electron chi connectivity index (χ3n) is 5.14. The number of piperazine rings is 1. The maximum atomic E-state index is 13.1. The monoisotopic (exact) mass is 419 g/mol. The standard InChI is InChI=1S/C23H25N5OS/c29-22(21-11-5-4-10-20(21)17-30-23-24-18-25-26-23)28-15-13-27(14-16-28)12-6-9-19-7-2-1-3-8-19/h1-11,18H,12-17H2,(H,24,25,26)/b9-6+. The number of aromatic amines is 1. The fourth-order valence-corrected chi connectivity index (χ4v) is 4.25. The molecule has 0 spiro atoms. The van der Waals surface area contributed by atoms with Crippen molar-refractivity contribution in [2.75, 3.05) is 32.7 Å². The third-order valence-corrected chi connectivity index (χ3v) is 6.06. The predicted octanol–water partition coefficient (Wildman–Crippen LogP) is 3.57. The van der Waals surface area contributed by atoms with Crippen molar-refractivity contribution in [1.29, 1.82) is 0 Å². The number of rotatable bonds is 7. The van der Waals surface area contributed by atoms with Crippen LogP contribution in [0, 0.1) is 0 Å². The van der Waals surface area contributed by atoms with Gasteiger partial charge in [-0.05, 0) is 17.2 Å². The second-order valence-corrected chi connectivity index (χ2v) is 8.11. The molecular formula is C23H25N5OS. The summed E-state index contributed by atoms with van der Waals surface area (Å²) in [5, 5.41) is 7.47. The molecule has 7 heteroatoms. The van der Waals surface area contributed by atoms with Crippen molar-refractivity contribution in [3.05, 3.63) is 83.7 Å². The summed E-state index contributed by atoms with van der Waals surface area (Å²) >= 11 is 1.55. The normalized spacial score (nSPS) is 15.0. The quantitative estimate of drug-likeness (QED) is 0.593. The van der Waals surface area contributed by atoms with Crippen LogP contribution in [0.25, 0.3) is 6.08 Å². The molecule has 1 amide bonds. The van der Waals surface area contributed by atoms with Gasteiger partial charge < -0.3 is 4.90 Å². The van der Waals surface area contributed by atoms with E-state index in [1.54, 1.807) is 11.8 Å². The van der Waals surface area contributed by atoms with Gasteiger partial charge in [0.05, 0.1) is 0 Å². The predicted molar refractivity (Wildman–Crippen MR) is 120 cm³/mol. The highest BCUT2D eigenvalue weighted by atomic mass is 32.2. The van der Waals surface area contributed by atoms with Crippen LogP contribution in [0.1, 0.15) is 21.5 Å². The van der Waals surface area contributed by atoms with E-state index in [4.69, 9.17) is 0 Å². The molecule has 6 nitrogen and oxygen atoms in total. The number of aromatic nitrogens is 3. The first kappa shape index (κ1) is 20.4. The molecule has 1 fully saturated rings. The third kappa shape index (κ3) is 5.37. The minimum absolute atomic E-state index is 0.114. The Bertz CT molecular complexity index is 966. The van der Waals surface area contributed by atoms with Crippen LogP contribution in [0.4, 0.5) is 0 Å². The summed E-state index contributed by atoms with van der Waals surface area (Å²) in [6.07, 6.45) is 5.84. The Morgan fingerprint density at radius 2 is 1.80 bits per heavy atom. The van der Waals surface area contributed by atoms with Gasteiger partial charge >= 0.3 is 0 Å². The van der Waals surface area contributed by atoms with Gasteiger partial charge in [-0.15, -0.1) is 0 Å². The molecule has 1 aromatic heterocycles. The summed E-state index contributed by atoms with van der Waals surface area (Å²) in [4.78, 5) is 21.6. The molecule has 2 aromatic carbocycles. The number of hydrogen-bond donors (Lipinski definition) is 1. The van der Waals surface area contributed by atoms with Crippen LogP contribution in [-0.4, -0.2) is 63.6 Å². The molecule has 0 bridgehead atoms. The molecule has 0 saturated carbocycles. The molecule has 154 valence electrons. The Kier molecular flexibility index (Phi) is 6.95. The number of thioether (sulfide) groups is 1. The number of benzene rings is 2. The molecule has 4 rings (SSSR count). The van der Waals surface area contributed by atoms with Crippen LogP contribution in [0.5, 0.6) is 0 Å². The van der Waals surface area contributed by atoms with Crippen molar-refractivity contribution in [2.45, 2.75) is 10.9 Å². The van der Waals surface area contributed by atoms with Gasteiger partial charge in [0.25, 0.3) is 5.91 Å². The van der Waals surface area contributed by atoms with E-state index in [9.17, 15) is 4.79 Å². The van der Waals surface area contributed by atoms with Crippen molar-refractivity contribution < 1.29 is 4.79 Å². The Hall–Kier alpha value is -2.90.